The molecule has 2 saturated carbocycles. The van der Waals surface area contributed by atoms with Gasteiger partial charge in [0, 0.05) is 17.9 Å². The fourth-order valence-corrected chi connectivity index (χ4v) is 5.47. The molecule has 2 aromatic carbocycles. The van der Waals surface area contributed by atoms with E-state index in [9.17, 15) is 19.5 Å². The smallest absolute Gasteiger partial charge is 0.407 e. The molecule has 2 aromatic rings. The molecule has 1 atom stereocenters. The zero-order chi connectivity index (χ0) is 23.9. The number of fused-ring (bicyclic) bond motifs is 3. The Morgan fingerprint density at radius 1 is 1.00 bits per heavy atom. The molecule has 0 aromatic heterocycles. The molecular weight excluding hydrogens is 432 g/mol. The first-order chi connectivity index (χ1) is 16.3. The van der Waals surface area contributed by atoms with Crippen LogP contribution in [0.2, 0.25) is 0 Å². The van der Waals surface area contributed by atoms with Crippen molar-refractivity contribution in [2.75, 3.05) is 6.61 Å². The van der Waals surface area contributed by atoms with Gasteiger partial charge in [-0.2, -0.15) is 0 Å². The highest BCUT2D eigenvalue weighted by atomic mass is 16.5. The van der Waals surface area contributed by atoms with E-state index in [0.29, 0.717) is 12.8 Å². The van der Waals surface area contributed by atoms with Gasteiger partial charge < -0.3 is 20.5 Å². The zero-order valence-corrected chi connectivity index (χ0v) is 19.3. The van der Waals surface area contributed by atoms with Crippen molar-refractivity contribution in [3.8, 4) is 11.1 Å². The first-order valence-electron chi connectivity index (χ1n) is 12.0. The Balaban J connectivity index is 1.11. The SMILES string of the molecule is CC(CC(=O)O)(NC(=O)C1CC(NC(=O)OCC2c3ccccc3-c3ccccc32)C1)C1CC1. The highest BCUT2D eigenvalue weighted by molar-refractivity contribution is 5.82. The molecule has 34 heavy (non-hydrogen) atoms. The Labute approximate surface area is 198 Å². The summed E-state index contributed by atoms with van der Waals surface area (Å²) in [5.74, 6) is -1.01. The van der Waals surface area contributed by atoms with Crippen molar-refractivity contribution in [1.82, 2.24) is 10.6 Å². The molecular formula is C27H30N2O5. The molecule has 3 aliphatic rings. The summed E-state index contributed by atoms with van der Waals surface area (Å²) in [7, 11) is 0. The molecule has 0 heterocycles. The van der Waals surface area contributed by atoms with Crippen LogP contribution in [-0.2, 0) is 14.3 Å². The maximum absolute atomic E-state index is 12.7. The van der Waals surface area contributed by atoms with E-state index in [-0.39, 0.29) is 42.7 Å². The molecule has 2 amide bonds. The van der Waals surface area contributed by atoms with Crippen molar-refractivity contribution >= 4 is 18.0 Å². The van der Waals surface area contributed by atoms with Crippen molar-refractivity contribution < 1.29 is 24.2 Å². The van der Waals surface area contributed by atoms with E-state index >= 15 is 0 Å². The maximum Gasteiger partial charge on any atom is 0.407 e. The number of carboxylic acids is 1. The topological polar surface area (TPSA) is 105 Å². The van der Waals surface area contributed by atoms with Gasteiger partial charge in [-0.25, -0.2) is 4.79 Å². The maximum atomic E-state index is 12.7. The quantitative estimate of drug-likeness (QED) is 0.549. The van der Waals surface area contributed by atoms with E-state index in [0.717, 1.165) is 24.0 Å². The van der Waals surface area contributed by atoms with E-state index < -0.39 is 17.6 Å². The fourth-order valence-electron chi connectivity index (χ4n) is 5.47. The molecule has 2 fully saturated rings. The molecule has 7 nitrogen and oxygen atoms in total. The van der Waals surface area contributed by atoms with Gasteiger partial charge in [-0.1, -0.05) is 48.5 Å². The Morgan fingerprint density at radius 2 is 1.59 bits per heavy atom. The number of carboxylic acid groups (broad SMARTS) is 1. The fraction of sp³-hybridized carbons (Fsp3) is 0.444. The summed E-state index contributed by atoms with van der Waals surface area (Å²) in [6.45, 7) is 2.08. The average Bonchev–Trinajstić information content (AvgIpc) is 3.58. The molecule has 0 spiro atoms. The van der Waals surface area contributed by atoms with Crippen LogP contribution in [0.3, 0.4) is 0 Å². The van der Waals surface area contributed by atoms with Gasteiger partial charge in [-0.3, -0.25) is 9.59 Å². The second kappa shape index (κ2) is 8.78. The van der Waals surface area contributed by atoms with E-state index in [1.165, 1.54) is 11.1 Å². The van der Waals surface area contributed by atoms with Gasteiger partial charge in [-0.15, -0.1) is 0 Å². The normalized spacial score (nSPS) is 22.5. The Kier molecular flexibility index (Phi) is 5.80. The largest absolute Gasteiger partial charge is 0.481 e. The number of hydrogen-bond acceptors (Lipinski definition) is 4. The second-order valence-electron chi connectivity index (χ2n) is 10.1. The Morgan fingerprint density at radius 3 is 2.15 bits per heavy atom. The third kappa shape index (κ3) is 4.39. The lowest BCUT2D eigenvalue weighted by Crippen LogP contribution is -2.55. The van der Waals surface area contributed by atoms with Crippen molar-refractivity contribution in [2.45, 2.75) is 56.5 Å². The summed E-state index contributed by atoms with van der Waals surface area (Å²) in [6.07, 6.45) is 2.41. The van der Waals surface area contributed by atoms with E-state index in [2.05, 4.69) is 34.9 Å². The van der Waals surface area contributed by atoms with Crippen LogP contribution in [0, 0.1) is 11.8 Å². The van der Waals surface area contributed by atoms with Gasteiger partial charge in [-0.05, 0) is 60.8 Å². The monoisotopic (exact) mass is 462 g/mol. The van der Waals surface area contributed by atoms with Gasteiger partial charge >= 0.3 is 12.1 Å². The van der Waals surface area contributed by atoms with Crippen LogP contribution in [0.5, 0.6) is 0 Å². The van der Waals surface area contributed by atoms with Gasteiger partial charge in [0.15, 0.2) is 0 Å². The molecule has 3 N–H and O–H groups in total. The molecule has 0 radical (unpaired) electrons. The number of carbonyl (C=O) groups excluding carboxylic acids is 2. The first kappa shape index (κ1) is 22.4. The molecule has 0 bridgehead atoms. The lowest BCUT2D eigenvalue weighted by atomic mass is 9.78. The molecule has 7 heteroatoms. The predicted octanol–water partition coefficient (Wildman–Crippen LogP) is 4.06. The van der Waals surface area contributed by atoms with E-state index in [1.54, 1.807) is 0 Å². The number of carbonyl (C=O) groups is 3. The van der Waals surface area contributed by atoms with Gasteiger partial charge in [0.25, 0.3) is 0 Å². The number of nitrogens with one attached hydrogen (secondary N) is 2. The second-order valence-corrected chi connectivity index (χ2v) is 10.1. The highest BCUT2D eigenvalue weighted by Crippen LogP contribution is 2.45. The zero-order valence-electron chi connectivity index (χ0n) is 19.3. The van der Waals surface area contributed by atoms with Crippen molar-refractivity contribution in [2.24, 2.45) is 11.8 Å². The molecule has 3 aliphatic carbocycles. The lowest BCUT2D eigenvalue weighted by molar-refractivity contribution is -0.140. The average molecular weight is 463 g/mol. The van der Waals surface area contributed by atoms with Crippen molar-refractivity contribution in [1.29, 1.82) is 0 Å². The standard InChI is InChI=1S/C27H30N2O5/c1-27(14-24(30)31,17-10-11-17)29-25(32)16-12-18(13-16)28-26(33)34-15-23-21-8-4-2-6-19(21)20-7-3-5-9-22(20)23/h2-9,16-18,23H,10-15H2,1H3,(H,28,33)(H,29,32)(H,30,31). The third-order valence-corrected chi connectivity index (χ3v) is 7.58. The molecule has 1 unspecified atom stereocenters. The van der Waals surface area contributed by atoms with E-state index in [1.807, 2.05) is 31.2 Å². The van der Waals surface area contributed by atoms with Crippen LogP contribution in [-0.4, -0.2) is 41.3 Å². The van der Waals surface area contributed by atoms with Crippen LogP contribution in [0.25, 0.3) is 11.1 Å². The summed E-state index contributed by atoms with van der Waals surface area (Å²) >= 11 is 0. The number of ether oxygens (including phenoxy) is 1. The van der Waals surface area contributed by atoms with Crippen molar-refractivity contribution in [3.63, 3.8) is 0 Å². The van der Waals surface area contributed by atoms with Gasteiger partial charge in [0.05, 0.1) is 12.0 Å². The van der Waals surface area contributed by atoms with E-state index in [4.69, 9.17) is 4.74 Å². The van der Waals surface area contributed by atoms with Crippen molar-refractivity contribution in [3.05, 3.63) is 59.7 Å². The molecule has 0 aliphatic heterocycles. The van der Waals surface area contributed by atoms with Crippen LogP contribution in [0.4, 0.5) is 4.79 Å². The molecule has 178 valence electrons. The van der Waals surface area contributed by atoms with Crippen LogP contribution < -0.4 is 10.6 Å². The third-order valence-electron chi connectivity index (χ3n) is 7.58. The first-order valence-corrected chi connectivity index (χ1v) is 12.0. The summed E-state index contributed by atoms with van der Waals surface area (Å²) in [6, 6.07) is 16.3. The van der Waals surface area contributed by atoms with Gasteiger partial charge in [0.2, 0.25) is 5.91 Å². The van der Waals surface area contributed by atoms with Crippen LogP contribution >= 0.6 is 0 Å². The summed E-state index contributed by atoms with van der Waals surface area (Å²) < 4.78 is 5.59. The number of aliphatic carboxylic acids is 1. The number of benzene rings is 2. The minimum Gasteiger partial charge on any atom is -0.481 e. The number of rotatable bonds is 8. The number of alkyl carbamates (subject to hydrolysis) is 1. The highest BCUT2D eigenvalue weighted by Gasteiger charge is 2.46. The summed E-state index contributed by atoms with van der Waals surface area (Å²) in [5, 5.41) is 15.1. The van der Waals surface area contributed by atoms with Gasteiger partial charge in [0.1, 0.15) is 6.61 Å². The van der Waals surface area contributed by atoms with Crippen LogP contribution in [0.15, 0.2) is 48.5 Å². The molecule has 5 rings (SSSR count). The summed E-state index contributed by atoms with van der Waals surface area (Å²) in [5.41, 5.74) is 3.99. The number of amides is 2. The lowest BCUT2D eigenvalue weighted by Gasteiger charge is -2.38. The minimum atomic E-state index is -0.905. The van der Waals surface area contributed by atoms with Crippen LogP contribution in [0.1, 0.15) is 56.1 Å². The summed E-state index contributed by atoms with van der Waals surface area (Å²) in [4.78, 5) is 36.4. The molecule has 0 saturated heterocycles. The predicted molar refractivity (Wildman–Crippen MR) is 126 cm³/mol. The Bertz CT molecular complexity index is 1080. The number of hydrogen-bond donors (Lipinski definition) is 3. The minimum absolute atomic E-state index is 0.00685. The Hall–Kier alpha value is -3.35.